The highest BCUT2D eigenvalue weighted by Gasteiger charge is 2.26. The minimum atomic E-state index is -0.0285. The summed E-state index contributed by atoms with van der Waals surface area (Å²) in [5.41, 5.74) is 2.96. The zero-order valence-electron chi connectivity index (χ0n) is 11.8. The number of hydrogen-bond donors (Lipinski definition) is 1. The molecule has 0 aromatic carbocycles. The van der Waals surface area contributed by atoms with Gasteiger partial charge in [0.1, 0.15) is 0 Å². The molecule has 1 aliphatic heterocycles. The third-order valence-electron chi connectivity index (χ3n) is 3.83. The van der Waals surface area contributed by atoms with Crippen LogP contribution in [0.25, 0.3) is 6.08 Å². The van der Waals surface area contributed by atoms with Crippen molar-refractivity contribution >= 4 is 12.0 Å². The minimum absolute atomic E-state index is 0.0201. The molecule has 104 valence electrons. The Hall–Kier alpha value is -1.62. The van der Waals surface area contributed by atoms with Crippen molar-refractivity contribution in [1.29, 1.82) is 0 Å². The van der Waals surface area contributed by atoms with Crippen LogP contribution in [0.3, 0.4) is 0 Å². The third kappa shape index (κ3) is 2.71. The number of aliphatic hydroxyl groups excluding tert-OH is 1. The van der Waals surface area contributed by atoms with Gasteiger partial charge in [-0.15, -0.1) is 0 Å². The van der Waals surface area contributed by atoms with E-state index in [1.165, 1.54) is 0 Å². The van der Waals surface area contributed by atoms with Crippen LogP contribution in [0.1, 0.15) is 29.8 Å². The number of likely N-dealkylation sites (tertiary alicyclic amines) is 1. The first kappa shape index (κ1) is 13.8. The Bertz CT molecular complexity index is 505. The van der Waals surface area contributed by atoms with E-state index in [2.05, 4.69) is 5.10 Å². The minimum Gasteiger partial charge on any atom is -0.394 e. The number of aromatic nitrogens is 2. The molecule has 2 rings (SSSR count). The van der Waals surface area contributed by atoms with Crippen LogP contribution < -0.4 is 0 Å². The monoisotopic (exact) mass is 263 g/mol. The molecule has 1 fully saturated rings. The largest absolute Gasteiger partial charge is 0.394 e. The molecular formula is C14H21N3O2. The van der Waals surface area contributed by atoms with Crippen LogP contribution in [0.15, 0.2) is 6.08 Å². The summed E-state index contributed by atoms with van der Waals surface area (Å²) in [5.74, 6) is -0.0285. The van der Waals surface area contributed by atoms with E-state index < -0.39 is 0 Å². The van der Waals surface area contributed by atoms with E-state index in [9.17, 15) is 9.90 Å². The number of carbonyl (C=O) groups is 1. The van der Waals surface area contributed by atoms with Crippen LogP contribution in [0.4, 0.5) is 0 Å². The lowest BCUT2D eigenvalue weighted by Gasteiger charge is -2.21. The van der Waals surface area contributed by atoms with Gasteiger partial charge in [-0.25, -0.2) is 0 Å². The van der Waals surface area contributed by atoms with Gasteiger partial charge in [0, 0.05) is 30.9 Å². The van der Waals surface area contributed by atoms with Crippen LogP contribution in [-0.2, 0) is 11.8 Å². The first-order valence-corrected chi connectivity index (χ1v) is 6.64. The van der Waals surface area contributed by atoms with Crippen molar-refractivity contribution < 1.29 is 9.90 Å². The molecular weight excluding hydrogens is 242 g/mol. The van der Waals surface area contributed by atoms with Gasteiger partial charge in [0.2, 0.25) is 5.91 Å². The van der Waals surface area contributed by atoms with Crippen molar-refractivity contribution in [3.8, 4) is 0 Å². The Morgan fingerprint density at radius 1 is 1.53 bits per heavy atom. The van der Waals surface area contributed by atoms with Crippen LogP contribution in [0, 0.1) is 13.8 Å². The molecule has 1 aromatic heterocycles. The van der Waals surface area contributed by atoms with Crippen molar-refractivity contribution in [2.45, 2.75) is 32.7 Å². The van der Waals surface area contributed by atoms with Gasteiger partial charge in [-0.05, 0) is 32.8 Å². The summed E-state index contributed by atoms with van der Waals surface area (Å²) in [7, 11) is 1.89. The van der Waals surface area contributed by atoms with E-state index in [1.54, 1.807) is 11.0 Å². The summed E-state index contributed by atoms with van der Waals surface area (Å²) in [6.07, 6.45) is 5.27. The zero-order chi connectivity index (χ0) is 14.0. The topological polar surface area (TPSA) is 58.4 Å². The number of aryl methyl sites for hydroxylation is 2. The molecule has 1 aromatic rings. The Morgan fingerprint density at radius 2 is 2.26 bits per heavy atom. The van der Waals surface area contributed by atoms with Crippen molar-refractivity contribution in [2.24, 2.45) is 7.05 Å². The van der Waals surface area contributed by atoms with Crippen LogP contribution in [0.2, 0.25) is 0 Å². The van der Waals surface area contributed by atoms with Gasteiger partial charge >= 0.3 is 0 Å². The second-order valence-corrected chi connectivity index (χ2v) is 5.05. The van der Waals surface area contributed by atoms with Gasteiger partial charge in [-0.1, -0.05) is 0 Å². The van der Waals surface area contributed by atoms with Gasteiger partial charge in [-0.2, -0.15) is 5.10 Å². The number of rotatable bonds is 3. The fourth-order valence-electron chi connectivity index (χ4n) is 2.60. The number of amides is 1. The lowest BCUT2D eigenvalue weighted by molar-refractivity contribution is -0.127. The molecule has 0 bridgehead atoms. The van der Waals surface area contributed by atoms with Gasteiger partial charge in [0.25, 0.3) is 0 Å². The summed E-state index contributed by atoms with van der Waals surface area (Å²) in [4.78, 5) is 13.9. The Morgan fingerprint density at radius 3 is 2.84 bits per heavy atom. The summed E-state index contributed by atoms with van der Waals surface area (Å²) in [5, 5.41) is 13.5. The number of carbonyl (C=O) groups excluding carboxylic acids is 1. The molecule has 1 atom stereocenters. The molecule has 1 saturated heterocycles. The maximum atomic E-state index is 12.1. The normalized spacial score (nSPS) is 19.6. The van der Waals surface area contributed by atoms with E-state index >= 15 is 0 Å². The Kier molecular flexibility index (Phi) is 4.04. The first-order chi connectivity index (χ1) is 9.04. The summed E-state index contributed by atoms with van der Waals surface area (Å²) in [6.45, 7) is 4.70. The smallest absolute Gasteiger partial charge is 0.246 e. The lowest BCUT2D eigenvalue weighted by atomic mass is 10.2. The molecule has 1 N–H and O–H groups in total. The summed E-state index contributed by atoms with van der Waals surface area (Å²) in [6, 6.07) is -0.0201. The molecule has 19 heavy (non-hydrogen) atoms. The van der Waals surface area contributed by atoms with E-state index in [0.717, 1.165) is 36.3 Å². The second-order valence-electron chi connectivity index (χ2n) is 5.05. The Labute approximate surface area is 113 Å². The van der Waals surface area contributed by atoms with Crippen LogP contribution in [-0.4, -0.2) is 44.9 Å². The molecule has 5 heteroatoms. The molecule has 0 saturated carbocycles. The van der Waals surface area contributed by atoms with Crippen molar-refractivity contribution in [2.75, 3.05) is 13.2 Å². The zero-order valence-corrected chi connectivity index (χ0v) is 11.8. The number of hydrogen-bond acceptors (Lipinski definition) is 3. The summed E-state index contributed by atoms with van der Waals surface area (Å²) < 4.78 is 1.81. The molecule has 2 heterocycles. The standard InChI is InChI=1S/C14H21N3O2/c1-10-13(11(2)16(3)15-10)6-7-14(19)17-8-4-5-12(17)9-18/h6-7,12,18H,4-5,8-9H2,1-3H3/b7-6+. The molecule has 0 spiro atoms. The second kappa shape index (κ2) is 5.57. The highest BCUT2D eigenvalue weighted by atomic mass is 16.3. The average Bonchev–Trinajstić information content (AvgIpc) is 2.94. The van der Waals surface area contributed by atoms with Gasteiger partial charge in [-0.3, -0.25) is 9.48 Å². The van der Waals surface area contributed by atoms with Gasteiger partial charge in [0.05, 0.1) is 18.3 Å². The van der Waals surface area contributed by atoms with Crippen molar-refractivity contribution in [1.82, 2.24) is 14.7 Å². The maximum absolute atomic E-state index is 12.1. The lowest BCUT2D eigenvalue weighted by Crippen LogP contribution is -2.36. The van der Waals surface area contributed by atoms with Crippen molar-refractivity contribution in [3.63, 3.8) is 0 Å². The summed E-state index contributed by atoms with van der Waals surface area (Å²) >= 11 is 0. The quantitative estimate of drug-likeness (QED) is 0.829. The Balaban J connectivity index is 2.12. The van der Waals surface area contributed by atoms with E-state index in [0.29, 0.717) is 0 Å². The fraction of sp³-hybridized carbons (Fsp3) is 0.571. The van der Waals surface area contributed by atoms with E-state index in [-0.39, 0.29) is 18.6 Å². The molecule has 1 amide bonds. The molecule has 0 radical (unpaired) electrons. The van der Waals surface area contributed by atoms with Gasteiger partial charge < -0.3 is 10.0 Å². The highest BCUT2D eigenvalue weighted by molar-refractivity contribution is 5.92. The predicted molar refractivity (Wildman–Crippen MR) is 73.5 cm³/mol. The van der Waals surface area contributed by atoms with E-state index in [1.807, 2.05) is 31.7 Å². The first-order valence-electron chi connectivity index (χ1n) is 6.64. The van der Waals surface area contributed by atoms with Gasteiger partial charge in [0.15, 0.2) is 0 Å². The molecule has 5 nitrogen and oxygen atoms in total. The van der Waals surface area contributed by atoms with E-state index in [4.69, 9.17) is 0 Å². The average molecular weight is 263 g/mol. The fourth-order valence-corrected chi connectivity index (χ4v) is 2.60. The van der Waals surface area contributed by atoms with Crippen molar-refractivity contribution in [3.05, 3.63) is 23.0 Å². The highest BCUT2D eigenvalue weighted by Crippen LogP contribution is 2.18. The number of aliphatic hydroxyl groups is 1. The molecule has 0 aliphatic carbocycles. The van der Waals surface area contributed by atoms with Crippen LogP contribution in [0.5, 0.6) is 0 Å². The predicted octanol–water partition coefficient (Wildman–Crippen LogP) is 1.03. The third-order valence-corrected chi connectivity index (χ3v) is 3.83. The maximum Gasteiger partial charge on any atom is 0.246 e. The SMILES string of the molecule is Cc1nn(C)c(C)c1/C=C/C(=O)N1CCCC1CO. The molecule has 1 unspecified atom stereocenters. The molecule has 1 aliphatic rings. The van der Waals surface area contributed by atoms with Crippen LogP contribution >= 0.6 is 0 Å². The number of nitrogens with zero attached hydrogens (tertiary/aromatic N) is 3.